The van der Waals surface area contributed by atoms with E-state index in [1.54, 1.807) is 6.07 Å². The van der Waals surface area contributed by atoms with E-state index in [0.717, 1.165) is 47.4 Å². The number of aromatic amines is 1. The molecule has 0 atom stereocenters. The van der Waals surface area contributed by atoms with Crippen molar-refractivity contribution >= 4 is 29.0 Å². The van der Waals surface area contributed by atoms with Crippen LogP contribution in [0.3, 0.4) is 0 Å². The minimum absolute atomic E-state index is 0.526. The number of nitrogens with one attached hydrogen (secondary N) is 1. The average molecular weight is 345 g/mol. The van der Waals surface area contributed by atoms with Gasteiger partial charge in [0.2, 0.25) is 0 Å². The number of halogens is 2. The zero-order valence-corrected chi connectivity index (χ0v) is 14.0. The lowest BCUT2D eigenvalue weighted by Gasteiger charge is -2.19. The second-order valence-electron chi connectivity index (χ2n) is 5.55. The summed E-state index contributed by atoms with van der Waals surface area (Å²) in [6.07, 6.45) is 4.28. The molecule has 1 aromatic carbocycles. The van der Waals surface area contributed by atoms with Crippen molar-refractivity contribution < 1.29 is 0 Å². The van der Waals surface area contributed by atoms with Crippen LogP contribution in [0.1, 0.15) is 5.82 Å². The predicted molar refractivity (Wildman–Crippen MR) is 94.6 cm³/mol. The zero-order valence-electron chi connectivity index (χ0n) is 12.5. The van der Waals surface area contributed by atoms with E-state index in [4.69, 9.17) is 28.2 Å². The van der Waals surface area contributed by atoms with Gasteiger partial charge >= 0.3 is 0 Å². The summed E-state index contributed by atoms with van der Waals surface area (Å²) in [5, 5.41) is 1.07. The maximum absolute atomic E-state index is 6.13. The molecule has 1 aromatic rings. The number of anilines is 1. The van der Waals surface area contributed by atoms with Crippen molar-refractivity contribution in [2.24, 2.45) is 0 Å². The average Bonchev–Trinajstić information content (AvgIpc) is 3.18. The molecule has 4 nitrogen and oxygen atoms in total. The highest BCUT2D eigenvalue weighted by atomic mass is 35.5. The SMILES string of the molecule is Cc1nc(N2CC=CC2)c2nc(-c3ccc(Cl)c(Cl)c3)cc-2[nH]1. The number of rotatable bonds is 2. The second-order valence-corrected chi connectivity index (χ2v) is 6.37. The van der Waals surface area contributed by atoms with Gasteiger partial charge in [0.25, 0.3) is 0 Å². The molecule has 0 unspecified atom stereocenters. The topological polar surface area (TPSA) is 44.8 Å². The molecule has 23 heavy (non-hydrogen) atoms. The molecule has 3 aliphatic heterocycles. The zero-order chi connectivity index (χ0) is 16.0. The second kappa shape index (κ2) is 5.55. The summed E-state index contributed by atoms with van der Waals surface area (Å²) in [4.78, 5) is 14.9. The standard InChI is InChI=1S/C17H14Cl2N4/c1-10-20-15-9-14(11-4-5-12(18)13(19)8-11)22-16(15)17(21-10)23-6-2-3-7-23/h2-5,8-9H,6-7H2,1H3,(H,20,21). The Hall–Kier alpha value is -2.04. The van der Waals surface area contributed by atoms with Gasteiger partial charge in [-0.2, -0.15) is 0 Å². The molecule has 0 spiro atoms. The maximum atomic E-state index is 6.13. The first kappa shape index (κ1) is 14.5. The van der Waals surface area contributed by atoms with E-state index in [1.165, 1.54) is 0 Å². The number of H-pyrrole nitrogens is 1. The third-order valence-electron chi connectivity index (χ3n) is 3.90. The van der Waals surface area contributed by atoms with Gasteiger partial charge in [-0.3, -0.25) is 0 Å². The molecule has 0 radical (unpaired) electrons. The number of hydrogen-bond acceptors (Lipinski definition) is 3. The summed E-state index contributed by atoms with van der Waals surface area (Å²) in [7, 11) is 0. The third kappa shape index (κ3) is 2.58. The first-order valence-corrected chi connectivity index (χ1v) is 8.10. The van der Waals surface area contributed by atoms with Crippen molar-refractivity contribution in [2.45, 2.75) is 6.92 Å². The fourth-order valence-electron chi connectivity index (χ4n) is 2.79. The van der Waals surface area contributed by atoms with Gasteiger partial charge in [0.15, 0.2) is 5.82 Å². The van der Waals surface area contributed by atoms with Crippen LogP contribution in [0, 0.1) is 6.92 Å². The number of benzene rings is 1. The lowest BCUT2D eigenvalue weighted by atomic mass is 10.1. The van der Waals surface area contributed by atoms with Crippen LogP contribution in [0.5, 0.6) is 0 Å². The highest BCUT2D eigenvalue weighted by molar-refractivity contribution is 6.42. The number of aryl methyl sites for hydroxylation is 1. The first-order chi connectivity index (χ1) is 11.1. The van der Waals surface area contributed by atoms with E-state index >= 15 is 0 Å². The van der Waals surface area contributed by atoms with Crippen LogP contribution in [0.25, 0.3) is 22.6 Å². The van der Waals surface area contributed by atoms with Gasteiger partial charge in [-0.15, -0.1) is 0 Å². The normalized spacial score (nSPS) is 14.1. The van der Waals surface area contributed by atoms with Crippen LogP contribution >= 0.6 is 23.2 Å². The smallest absolute Gasteiger partial charge is 0.159 e. The van der Waals surface area contributed by atoms with E-state index in [1.807, 2.05) is 25.1 Å². The Morgan fingerprint density at radius 1 is 1.04 bits per heavy atom. The van der Waals surface area contributed by atoms with Gasteiger partial charge in [0.05, 0.1) is 21.4 Å². The Kier molecular flexibility index (Phi) is 3.51. The van der Waals surface area contributed by atoms with Crippen LogP contribution in [-0.4, -0.2) is 28.0 Å². The molecule has 6 heteroatoms. The molecule has 0 fully saturated rings. The van der Waals surface area contributed by atoms with Crippen LogP contribution in [0.4, 0.5) is 5.82 Å². The van der Waals surface area contributed by atoms with Crippen LogP contribution < -0.4 is 4.90 Å². The van der Waals surface area contributed by atoms with E-state index in [2.05, 4.69) is 27.0 Å². The summed E-state index contributed by atoms with van der Waals surface area (Å²) < 4.78 is 0. The Morgan fingerprint density at radius 3 is 2.57 bits per heavy atom. The minimum atomic E-state index is 0.526. The molecule has 1 N–H and O–H groups in total. The predicted octanol–water partition coefficient (Wildman–Crippen LogP) is 4.57. The Bertz CT molecular complexity index is 876. The Labute approximate surface area is 144 Å². The van der Waals surface area contributed by atoms with Gasteiger partial charge in [-0.05, 0) is 25.1 Å². The molecule has 0 aromatic heterocycles. The summed E-state index contributed by atoms with van der Waals surface area (Å²) in [6, 6.07) is 7.57. The minimum Gasteiger partial charge on any atom is -0.347 e. The Morgan fingerprint density at radius 2 is 1.83 bits per heavy atom. The maximum Gasteiger partial charge on any atom is 0.159 e. The molecule has 116 valence electrons. The monoisotopic (exact) mass is 344 g/mol. The van der Waals surface area contributed by atoms with E-state index in [-0.39, 0.29) is 0 Å². The summed E-state index contributed by atoms with van der Waals surface area (Å²) in [6.45, 7) is 3.68. The van der Waals surface area contributed by atoms with E-state index in [0.29, 0.717) is 10.0 Å². The number of nitrogens with zero attached hydrogens (tertiary/aromatic N) is 3. The van der Waals surface area contributed by atoms with Crippen molar-refractivity contribution in [2.75, 3.05) is 18.0 Å². The summed E-state index contributed by atoms with van der Waals surface area (Å²) in [5.41, 5.74) is 3.64. The molecule has 0 saturated heterocycles. The van der Waals surface area contributed by atoms with Gasteiger partial charge < -0.3 is 9.88 Å². The number of fused-ring (bicyclic) bond motifs is 1. The van der Waals surface area contributed by atoms with E-state index in [9.17, 15) is 0 Å². The summed E-state index contributed by atoms with van der Waals surface area (Å²) in [5.74, 6) is 1.78. The largest absolute Gasteiger partial charge is 0.347 e. The van der Waals surface area contributed by atoms with Gasteiger partial charge in [-0.1, -0.05) is 41.4 Å². The molecule has 0 aliphatic carbocycles. The number of hydrogen-bond donors (Lipinski definition) is 1. The first-order valence-electron chi connectivity index (χ1n) is 7.34. The van der Waals surface area contributed by atoms with Gasteiger partial charge in [0.1, 0.15) is 11.5 Å². The number of aromatic nitrogens is 3. The van der Waals surface area contributed by atoms with Crippen molar-refractivity contribution in [3.05, 3.63) is 52.3 Å². The Balaban J connectivity index is 1.85. The molecular formula is C17H14Cl2N4. The lowest BCUT2D eigenvalue weighted by molar-refractivity contribution is 0.929. The molecule has 0 saturated carbocycles. The van der Waals surface area contributed by atoms with Crippen molar-refractivity contribution in [1.29, 1.82) is 0 Å². The molecule has 0 amide bonds. The fourth-order valence-corrected chi connectivity index (χ4v) is 3.09. The van der Waals surface area contributed by atoms with Gasteiger partial charge in [-0.25, -0.2) is 9.97 Å². The van der Waals surface area contributed by atoms with Crippen LogP contribution in [0.15, 0.2) is 36.4 Å². The quantitative estimate of drug-likeness (QED) is 0.692. The van der Waals surface area contributed by atoms with Crippen molar-refractivity contribution in [3.63, 3.8) is 0 Å². The lowest BCUT2D eigenvalue weighted by Crippen LogP contribution is -2.21. The van der Waals surface area contributed by atoms with Crippen LogP contribution in [0.2, 0.25) is 10.0 Å². The highest BCUT2D eigenvalue weighted by Gasteiger charge is 2.22. The highest BCUT2D eigenvalue weighted by Crippen LogP contribution is 2.35. The van der Waals surface area contributed by atoms with E-state index < -0.39 is 0 Å². The molecule has 3 heterocycles. The van der Waals surface area contributed by atoms with Gasteiger partial charge in [0, 0.05) is 18.7 Å². The molecular weight excluding hydrogens is 331 g/mol. The molecule has 3 aliphatic rings. The fraction of sp³-hybridized carbons (Fsp3) is 0.176. The third-order valence-corrected chi connectivity index (χ3v) is 4.64. The van der Waals surface area contributed by atoms with Crippen LogP contribution in [-0.2, 0) is 0 Å². The van der Waals surface area contributed by atoms with Crippen molar-refractivity contribution in [1.82, 2.24) is 15.0 Å². The molecule has 4 rings (SSSR count). The summed E-state index contributed by atoms with van der Waals surface area (Å²) >= 11 is 12.1. The molecule has 0 bridgehead atoms. The van der Waals surface area contributed by atoms with Crippen molar-refractivity contribution in [3.8, 4) is 22.6 Å².